The smallest absolute Gasteiger partial charge is 0.243 e. The summed E-state index contributed by atoms with van der Waals surface area (Å²) < 4.78 is 32.5. The van der Waals surface area contributed by atoms with Crippen LogP contribution in [-0.4, -0.2) is 38.8 Å². The molecule has 0 aliphatic carbocycles. The Labute approximate surface area is 180 Å². The topological polar surface area (TPSA) is 75.7 Å². The van der Waals surface area contributed by atoms with E-state index in [1.54, 1.807) is 50.4 Å². The first-order valence-electron chi connectivity index (χ1n) is 9.13. The van der Waals surface area contributed by atoms with E-state index in [9.17, 15) is 13.2 Å². The molecule has 0 bridgehead atoms. The number of carbonyl (C=O) groups is 1. The van der Waals surface area contributed by atoms with Crippen LogP contribution < -0.4 is 10.1 Å². The highest BCUT2D eigenvalue weighted by Gasteiger charge is 2.32. The minimum absolute atomic E-state index is 0.188. The molecule has 1 aliphatic rings. The van der Waals surface area contributed by atoms with Gasteiger partial charge >= 0.3 is 0 Å². The molecule has 2 aromatic rings. The van der Waals surface area contributed by atoms with E-state index in [2.05, 4.69) is 5.32 Å². The normalized spacial score (nSPS) is 15.9. The molecular weight excluding hydrogens is 435 g/mol. The number of hydrogen-bond donors (Lipinski definition) is 1. The summed E-state index contributed by atoms with van der Waals surface area (Å²) in [5.41, 5.74) is 1.20. The van der Waals surface area contributed by atoms with Crippen molar-refractivity contribution in [2.75, 3.05) is 25.5 Å². The zero-order valence-corrected chi connectivity index (χ0v) is 18.4. The third-order valence-corrected chi connectivity index (χ3v) is 7.47. The zero-order chi connectivity index (χ0) is 21.2. The number of anilines is 1. The van der Waals surface area contributed by atoms with Crippen molar-refractivity contribution in [2.24, 2.45) is 5.92 Å². The van der Waals surface area contributed by atoms with Gasteiger partial charge in [0.25, 0.3) is 0 Å². The Morgan fingerprint density at radius 2 is 1.83 bits per heavy atom. The van der Waals surface area contributed by atoms with Crippen LogP contribution in [0.1, 0.15) is 18.4 Å². The molecule has 3 rings (SSSR count). The minimum atomic E-state index is -3.62. The van der Waals surface area contributed by atoms with E-state index >= 15 is 0 Å². The summed E-state index contributed by atoms with van der Waals surface area (Å²) in [4.78, 5) is 12.8. The lowest BCUT2D eigenvalue weighted by Crippen LogP contribution is -2.41. The van der Waals surface area contributed by atoms with E-state index in [-0.39, 0.29) is 29.8 Å². The molecule has 0 atom stereocenters. The van der Waals surface area contributed by atoms with Crippen LogP contribution >= 0.6 is 23.2 Å². The van der Waals surface area contributed by atoms with Gasteiger partial charge < -0.3 is 10.1 Å². The molecule has 1 saturated heterocycles. The summed E-state index contributed by atoms with van der Waals surface area (Å²) in [7, 11) is -2.08. The lowest BCUT2D eigenvalue weighted by molar-refractivity contribution is -0.120. The molecule has 156 valence electrons. The molecule has 1 N–H and O–H groups in total. The van der Waals surface area contributed by atoms with Gasteiger partial charge in [-0.15, -0.1) is 0 Å². The monoisotopic (exact) mass is 456 g/mol. The van der Waals surface area contributed by atoms with Crippen molar-refractivity contribution in [3.05, 3.63) is 52.0 Å². The first-order chi connectivity index (χ1) is 13.7. The highest BCUT2D eigenvalue weighted by Crippen LogP contribution is 2.29. The van der Waals surface area contributed by atoms with E-state index in [1.807, 2.05) is 0 Å². The van der Waals surface area contributed by atoms with Gasteiger partial charge in [0.05, 0.1) is 22.7 Å². The van der Waals surface area contributed by atoms with Crippen molar-refractivity contribution < 1.29 is 17.9 Å². The predicted octanol–water partition coefficient (Wildman–Crippen LogP) is 4.35. The Kier molecular flexibility index (Phi) is 6.73. The fraction of sp³-hybridized carbons (Fsp3) is 0.350. The van der Waals surface area contributed by atoms with Crippen LogP contribution in [0.15, 0.2) is 41.3 Å². The largest absolute Gasteiger partial charge is 0.496 e. The van der Waals surface area contributed by atoms with Gasteiger partial charge in [0.1, 0.15) is 5.75 Å². The van der Waals surface area contributed by atoms with Gasteiger partial charge in [-0.2, -0.15) is 4.31 Å². The third-order valence-electron chi connectivity index (χ3n) is 5.02. The molecule has 0 aromatic heterocycles. The number of aryl methyl sites for hydroxylation is 1. The number of methoxy groups -OCH3 is 1. The quantitative estimate of drug-likeness (QED) is 0.725. The van der Waals surface area contributed by atoms with Crippen molar-refractivity contribution in [1.82, 2.24) is 4.31 Å². The second kappa shape index (κ2) is 8.92. The first kappa shape index (κ1) is 21.9. The van der Waals surface area contributed by atoms with E-state index in [1.165, 1.54) is 4.31 Å². The van der Waals surface area contributed by atoms with Gasteiger partial charge in [-0.05, 0) is 61.7 Å². The van der Waals surface area contributed by atoms with Crippen LogP contribution in [0.25, 0.3) is 0 Å². The van der Waals surface area contributed by atoms with Gasteiger partial charge in [-0.3, -0.25) is 4.79 Å². The number of carbonyl (C=O) groups excluding carboxylic acids is 1. The number of hydrogen-bond acceptors (Lipinski definition) is 4. The van der Waals surface area contributed by atoms with E-state index in [0.717, 1.165) is 5.56 Å². The van der Waals surface area contributed by atoms with Crippen LogP contribution in [-0.2, 0) is 14.8 Å². The van der Waals surface area contributed by atoms with Gasteiger partial charge in [-0.25, -0.2) is 8.42 Å². The predicted molar refractivity (Wildman–Crippen MR) is 114 cm³/mol. The van der Waals surface area contributed by atoms with E-state index < -0.39 is 10.0 Å². The van der Waals surface area contributed by atoms with Gasteiger partial charge in [-0.1, -0.05) is 23.2 Å². The van der Waals surface area contributed by atoms with Crippen molar-refractivity contribution in [1.29, 1.82) is 0 Å². The Morgan fingerprint density at radius 3 is 2.45 bits per heavy atom. The molecule has 0 spiro atoms. The number of nitrogens with one attached hydrogen (secondary N) is 1. The summed E-state index contributed by atoms with van der Waals surface area (Å²) >= 11 is 12.0. The number of amides is 1. The fourth-order valence-corrected chi connectivity index (χ4v) is 5.24. The molecule has 1 heterocycles. The van der Waals surface area contributed by atoms with Crippen LogP contribution in [0.2, 0.25) is 10.0 Å². The van der Waals surface area contributed by atoms with Crippen LogP contribution in [0.3, 0.4) is 0 Å². The molecule has 0 saturated carbocycles. The number of sulfonamides is 1. The van der Waals surface area contributed by atoms with Crippen molar-refractivity contribution >= 4 is 44.8 Å². The molecule has 1 fully saturated rings. The second-order valence-corrected chi connectivity index (χ2v) is 9.70. The molecule has 0 radical (unpaired) electrons. The van der Waals surface area contributed by atoms with Gasteiger partial charge in [0.15, 0.2) is 0 Å². The summed E-state index contributed by atoms with van der Waals surface area (Å²) in [6.45, 7) is 2.35. The van der Waals surface area contributed by atoms with Crippen molar-refractivity contribution in [2.45, 2.75) is 24.7 Å². The molecule has 9 heteroatoms. The molecule has 0 unspecified atom stereocenters. The summed E-state index contributed by atoms with van der Waals surface area (Å²) in [5.74, 6) is 0.152. The van der Waals surface area contributed by atoms with Gasteiger partial charge in [0, 0.05) is 24.0 Å². The highest BCUT2D eigenvalue weighted by molar-refractivity contribution is 7.89. The standard InChI is InChI=1S/C20H22Cl2N2O4S/c1-13-11-16(4-6-19(13)28-2)29(26,27)24-9-7-14(8-10-24)20(25)23-18-12-15(21)3-5-17(18)22/h3-6,11-12,14H,7-10H2,1-2H3,(H,23,25). The number of ether oxygens (including phenoxy) is 1. The van der Waals surface area contributed by atoms with Crippen LogP contribution in [0.4, 0.5) is 5.69 Å². The number of piperidine rings is 1. The number of rotatable bonds is 5. The first-order valence-corrected chi connectivity index (χ1v) is 11.3. The Morgan fingerprint density at radius 1 is 1.14 bits per heavy atom. The van der Waals surface area contributed by atoms with Crippen molar-refractivity contribution in [3.8, 4) is 5.75 Å². The molecule has 1 aliphatic heterocycles. The third kappa shape index (κ3) is 4.86. The average molecular weight is 457 g/mol. The molecule has 6 nitrogen and oxygen atoms in total. The lowest BCUT2D eigenvalue weighted by atomic mass is 9.97. The van der Waals surface area contributed by atoms with E-state index in [4.69, 9.17) is 27.9 Å². The van der Waals surface area contributed by atoms with Gasteiger partial charge in [0.2, 0.25) is 15.9 Å². The molecule has 29 heavy (non-hydrogen) atoms. The molecule has 1 amide bonds. The number of benzene rings is 2. The Hall–Kier alpha value is -1.80. The second-order valence-electron chi connectivity index (χ2n) is 6.92. The molecule has 2 aromatic carbocycles. The maximum Gasteiger partial charge on any atom is 0.243 e. The average Bonchev–Trinajstić information content (AvgIpc) is 2.70. The maximum atomic E-state index is 12.9. The van der Waals surface area contributed by atoms with Crippen LogP contribution in [0, 0.1) is 12.8 Å². The SMILES string of the molecule is COc1ccc(S(=O)(=O)N2CCC(C(=O)Nc3cc(Cl)ccc3Cl)CC2)cc1C. The number of nitrogens with zero attached hydrogens (tertiary/aromatic N) is 1. The Bertz CT molecular complexity index is 1020. The summed E-state index contributed by atoms with van der Waals surface area (Å²) in [6.07, 6.45) is 0.858. The fourth-order valence-electron chi connectivity index (χ4n) is 3.35. The van der Waals surface area contributed by atoms with Crippen LogP contribution in [0.5, 0.6) is 5.75 Å². The summed E-state index contributed by atoms with van der Waals surface area (Å²) in [6, 6.07) is 9.65. The highest BCUT2D eigenvalue weighted by atomic mass is 35.5. The van der Waals surface area contributed by atoms with E-state index in [0.29, 0.717) is 34.3 Å². The maximum absolute atomic E-state index is 12.9. The number of halogens is 2. The Balaban J connectivity index is 1.65. The van der Waals surface area contributed by atoms with Crippen molar-refractivity contribution in [3.63, 3.8) is 0 Å². The molecular formula is C20H22Cl2N2O4S. The lowest BCUT2D eigenvalue weighted by Gasteiger charge is -2.30. The summed E-state index contributed by atoms with van der Waals surface area (Å²) in [5, 5.41) is 3.66. The minimum Gasteiger partial charge on any atom is -0.496 e. The zero-order valence-electron chi connectivity index (χ0n) is 16.1.